The van der Waals surface area contributed by atoms with Crippen molar-refractivity contribution in [2.24, 2.45) is 0 Å². The van der Waals surface area contributed by atoms with Crippen LogP contribution in [0, 0.1) is 34.6 Å². The van der Waals surface area contributed by atoms with Crippen LogP contribution in [0.2, 0.25) is 0 Å². The highest BCUT2D eigenvalue weighted by atomic mass is 31.2. The summed E-state index contributed by atoms with van der Waals surface area (Å²) < 4.78 is 14.4. The molecule has 27 heavy (non-hydrogen) atoms. The molecular weight excluding hydrogens is 351 g/mol. The molecule has 0 aromatic heterocycles. The first kappa shape index (κ1) is 19.3. The Labute approximate surface area is 161 Å². The third kappa shape index (κ3) is 3.42. The summed E-state index contributed by atoms with van der Waals surface area (Å²) >= 11 is 0. The Kier molecular flexibility index (Phi) is 5.22. The standard InChI is InChI=1S/C24H25O2P/c1-16-13-19(4)23(20(5)14-16)24(25)27(26,21-9-7-6-8-10-21)22-12-11-17(2)18(3)15-22/h6-15H,1-5H3. The first-order chi connectivity index (χ1) is 12.7. The summed E-state index contributed by atoms with van der Waals surface area (Å²) in [7, 11) is -3.49. The van der Waals surface area contributed by atoms with E-state index in [1.54, 1.807) is 12.1 Å². The fourth-order valence-electron chi connectivity index (χ4n) is 3.62. The Bertz CT molecular complexity index is 1040. The van der Waals surface area contributed by atoms with Gasteiger partial charge in [-0.05, 0) is 62.9 Å². The Morgan fingerprint density at radius 1 is 0.667 bits per heavy atom. The minimum atomic E-state index is -3.49. The van der Waals surface area contributed by atoms with Crippen molar-refractivity contribution in [1.29, 1.82) is 0 Å². The monoisotopic (exact) mass is 376 g/mol. The molecule has 1 atom stereocenters. The van der Waals surface area contributed by atoms with Gasteiger partial charge in [-0.3, -0.25) is 4.79 Å². The average molecular weight is 376 g/mol. The van der Waals surface area contributed by atoms with Crippen LogP contribution in [0.4, 0.5) is 0 Å². The molecule has 3 aromatic rings. The summed E-state index contributed by atoms with van der Waals surface area (Å²) in [6.07, 6.45) is 0. The van der Waals surface area contributed by atoms with Gasteiger partial charge in [0.1, 0.15) is 0 Å². The molecule has 0 saturated carbocycles. The van der Waals surface area contributed by atoms with Gasteiger partial charge in [0.15, 0.2) is 0 Å². The van der Waals surface area contributed by atoms with Gasteiger partial charge in [-0.15, -0.1) is 0 Å². The van der Waals surface area contributed by atoms with Crippen molar-refractivity contribution in [2.45, 2.75) is 34.6 Å². The Morgan fingerprint density at radius 3 is 1.81 bits per heavy atom. The summed E-state index contributed by atoms with van der Waals surface area (Å²) in [6.45, 7) is 9.85. The van der Waals surface area contributed by atoms with Gasteiger partial charge in [0.25, 0.3) is 0 Å². The Morgan fingerprint density at radius 2 is 1.26 bits per heavy atom. The molecule has 0 aliphatic carbocycles. The summed E-state index contributed by atoms with van der Waals surface area (Å²) in [6, 6.07) is 18.8. The van der Waals surface area contributed by atoms with Crippen LogP contribution in [0.15, 0.2) is 60.7 Å². The lowest BCUT2D eigenvalue weighted by Crippen LogP contribution is -2.24. The number of hydrogen-bond acceptors (Lipinski definition) is 2. The Hall–Kier alpha value is -2.44. The van der Waals surface area contributed by atoms with Crippen molar-refractivity contribution < 1.29 is 9.36 Å². The lowest BCUT2D eigenvalue weighted by atomic mass is 10.0. The van der Waals surface area contributed by atoms with Crippen molar-refractivity contribution in [2.75, 3.05) is 0 Å². The van der Waals surface area contributed by atoms with E-state index in [1.807, 2.05) is 83.1 Å². The third-order valence-electron chi connectivity index (χ3n) is 5.15. The molecule has 138 valence electrons. The molecule has 0 amide bonds. The SMILES string of the molecule is Cc1cc(C)c(C(=O)P(=O)(c2ccccc2)c2ccc(C)c(C)c2)c(C)c1. The summed E-state index contributed by atoms with van der Waals surface area (Å²) in [4.78, 5) is 13.8. The minimum absolute atomic E-state index is 0.285. The third-order valence-corrected chi connectivity index (χ3v) is 7.98. The highest BCUT2D eigenvalue weighted by Crippen LogP contribution is 2.48. The van der Waals surface area contributed by atoms with Gasteiger partial charge < -0.3 is 4.57 Å². The summed E-state index contributed by atoms with van der Waals surface area (Å²) in [5, 5.41) is 1.18. The van der Waals surface area contributed by atoms with Gasteiger partial charge in [-0.25, -0.2) is 0 Å². The zero-order valence-electron chi connectivity index (χ0n) is 16.5. The molecule has 0 aliphatic heterocycles. The smallest absolute Gasteiger partial charge is 0.230 e. The molecule has 0 N–H and O–H groups in total. The highest BCUT2D eigenvalue weighted by molar-refractivity contribution is 7.93. The van der Waals surface area contributed by atoms with Crippen LogP contribution < -0.4 is 10.6 Å². The largest absolute Gasteiger partial charge is 0.305 e. The van der Waals surface area contributed by atoms with Crippen molar-refractivity contribution in [3.05, 3.63) is 94.0 Å². The summed E-state index contributed by atoms with van der Waals surface area (Å²) in [5.41, 5.74) is 5.29. The number of hydrogen-bond donors (Lipinski definition) is 0. The van der Waals surface area contributed by atoms with Crippen LogP contribution in [0.5, 0.6) is 0 Å². The van der Waals surface area contributed by atoms with Crippen LogP contribution in [0.25, 0.3) is 0 Å². The van der Waals surface area contributed by atoms with Crippen molar-refractivity contribution in [1.82, 2.24) is 0 Å². The second-order valence-corrected chi connectivity index (χ2v) is 9.95. The van der Waals surface area contributed by atoms with Gasteiger partial charge in [-0.1, -0.05) is 60.2 Å². The fourth-order valence-corrected chi connectivity index (χ4v) is 6.30. The quantitative estimate of drug-likeness (QED) is 0.573. The topological polar surface area (TPSA) is 34.1 Å². The maximum atomic E-state index is 14.4. The second kappa shape index (κ2) is 7.29. The predicted molar refractivity (Wildman–Crippen MR) is 114 cm³/mol. The second-order valence-electron chi connectivity index (χ2n) is 7.29. The average Bonchev–Trinajstić information content (AvgIpc) is 2.63. The first-order valence-corrected chi connectivity index (χ1v) is 10.8. The van der Waals surface area contributed by atoms with E-state index in [-0.39, 0.29) is 5.52 Å². The molecule has 1 unspecified atom stereocenters. The number of carbonyl (C=O) groups is 1. The number of carbonyl (C=O) groups excluding carboxylic acids is 1. The van der Waals surface area contributed by atoms with E-state index in [0.717, 1.165) is 27.8 Å². The van der Waals surface area contributed by atoms with Crippen LogP contribution in [-0.2, 0) is 4.57 Å². The fraction of sp³-hybridized carbons (Fsp3) is 0.208. The normalized spacial score (nSPS) is 13.2. The number of aryl methyl sites for hydroxylation is 5. The molecule has 0 fully saturated rings. The van der Waals surface area contributed by atoms with E-state index in [4.69, 9.17) is 0 Å². The molecule has 0 aliphatic rings. The van der Waals surface area contributed by atoms with Crippen molar-refractivity contribution >= 4 is 23.3 Å². The van der Waals surface area contributed by atoms with Gasteiger partial charge in [-0.2, -0.15) is 0 Å². The molecule has 3 aromatic carbocycles. The zero-order valence-corrected chi connectivity index (χ0v) is 17.4. The molecule has 0 heterocycles. The number of rotatable bonds is 4. The first-order valence-electron chi connectivity index (χ1n) is 9.11. The van der Waals surface area contributed by atoms with Crippen LogP contribution in [0.1, 0.15) is 38.2 Å². The van der Waals surface area contributed by atoms with Crippen LogP contribution >= 0.6 is 7.14 Å². The van der Waals surface area contributed by atoms with E-state index in [9.17, 15) is 9.36 Å². The molecule has 2 nitrogen and oxygen atoms in total. The molecular formula is C24H25O2P. The van der Waals surface area contributed by atoms with Crippen LogP contribution in [-0.4, -0.2) is 5.52 Å². The van der Waals surface area contributed by atoms with Crippen molar-refractivity contribution in [3.63, 3.8) is 0 Å². The molecule has 0 spiro atoms. The van der Waals surface area contributed by atoms with E-state index < -0.39 is 7.14 Å². The molecule has 0 bridgehead atoms. The van der Waals surface area contributed by atoms with Gasteiger partial charge in [0, 0.05) is 16.2 Å². The molecule has 3 rings (SSSR count). The lowest BCUT2D eigenvalue weighted by Gasteiger charge is -2.21. The predicted octanol–water partition coefficient (Wildman–Crippen LogP) is 5.38. The molecule has 0 radical (unpaired) electrons. The number of benzene rings is 3. The lowest BCUT2D eigenvalue weighted by molar-refractivity contribution is 0.107. The summed E-state index contributed by atoms with van der Waals surface area (Å²) in [5.74, 6) is 0. The van der Waals surface area contributed by atoms with E-state index in [1.165, 1.54) is 0 Å². The minimum Gasteiger partial charge on any atom is -0.305 e. The van der Waals surface area contributed by atoms with E-state index in [0.29, 0.717) is 16.2 Å². The van der Waals surface area contributed by atoms with E-state index >= 15 is 0 Å². The maximum Gasteiger partial charge on any atom is 0.230 e. The zero-order chi connectivity index (χ0) is 19.8. The maximum absolute atomic E-state index is 14.4. The molecule has 0 saturated heterocycles. The van der Waals surface area contributed by atoms with Gasteiger partial charge >= 0.3 is 0 Å². The highest BCUT2D eigenvalue weighted by Gasteiger charge is 2.38. The van der Waals surface area contributed by atoms with Crippen molar-refractivity contribution in [3.8, 4) is 0 Å². The van der Waals surface area contributed by atoms with Gasteiger partial charge in [0.2, 0.25) is 12.7 Å². The van der Waals surface area contributed by atoms with E-state index in [2.05, 4.69) is 0 Å². The van der Waals surface area contributed by atoms with Crippen LogP contribution in [0.3, 0.4) is 0 Å². The van der Waals surface area contributed by atoms with Gasteiger partial charge in [0.05, 0.1) is 0 Å². The molecule has 3 heteroatoms. The Balaban J connectivity index is 2.30.